The Labute approximate surface area is 174 Å². The molecule has 0 fully saturated rings. The third-order valence-corrected chi connectivity index (χ3v) is 4.60. The summed E-state index contributed by atoms with van der Waals surface area (Å²) in [6.07, 6.45) is 0.275. The van der Waals surface area contributed by atoms with Crippen molar-refractivity contribution in [1.82, 2.24) is 20.1 Å². The number of aromatic amines is 1. The van der Waals surface area contributed by atoms with Crippen LogP contribution in [0.4, 0.5) is 0 Å². The van der Waals surface area contributed by atoms with Crippen LogP contribution in [-0.4, -0.2) is 27.3 Å². The fourth-order valence-corrected chi connectivity index (χ4v) is 3.12. The molecule has 0 bridgehead atoms. The molecule has 1 aromatic heterocycles. The number of aromatic nitrogens is 3. The van der Waals surface area contributed by atoms with E-state index in [0.29, 0.717) is 29.4 Å². The molecule has 2 N–H and O–H groups in total. The number of H-pyrrole nitrogens is 1. The summed E-state index contributed by atoms with van der Waals surface area (Å²) in [7, 11) is 0. The molecule has 0 unspecified atom stereocenters. The molecule has 1 heterocycles. The lowest BCUT2D eigenvalue weighted by atomic mass is 10.1. The Kier molecular flexibility index (Phi) is 6.76. The molecule has 0 saturated carbocycles. The van der Waals surface area contributed by atoms with Crippen molar-refractivity contribution in [2.75, 3.05) is 6.61 Å². The van der Waals surface area contributed by atoms with Crippen LogP contribution in [0.25, 0.3) is 11.4 Å². The molecule has 0 saturated heterocycles. The van der Waals surface area contributed by atoms with Crippen LogP contribution in [0, 0.1) is 23.0 Å². The monoisotopic (exact) mass is 407 g/mol. The molecule has 0 aliphatic rings. The maximum Gasteiger partial charge on any atom is 0.222 e. The van der Waals surface area contributed by atoms with E-state index in [1.807, 2.05) is 54.0 Å². The summed E-state index contributed by atoms with van der Waals surface area (Å²) in [6, 6.07) is 17.2. The summed E-state index contributed by atoms with van der Waals surface area (Å²) < 4.78 is 7.59. The number of benzene rings is 2. The number of rotatable bonds is 8. The van der Waals surface area contributed by atoms with Gasteiger partial charge in [0.1, 0.15) is 11.8 Å². The van der Waals surface area contributed by atoms with Crippen molar-refractivity contribution < 1.29 is 9.53 Å². The van der Waals surface area contributed by atoms with Gasteiger partial charge in [0.25, 0.3) is 0 Å². The lowest BCUT2D eigenvalue weighted by Gasteiger charge is -2.09. The van der Waals surface area contributed by atoms with E-state index in [2.05, 4.69) is 15.5 Å². The molecule has 148 valence electrons. The Balaban J connectivity index is 1.59. The zero-order valence-electron chi connectivity index (χ0n) is 16.0. The molecule has 0 aliphatic heterocycles. The Morgan fingerprint density at radius 3 is 2.93 bits per heavy atom. The molecule has 2 aromatic carbocycles. The van der Waals surface area contributed by atoms with E-state index < -0.39 is 0 Å². The van der Waals surface area contributed by atoms with Gasteiger partial charge >= 0.3 is 0 Å². The number of hydrogen-bond donors (Lipinski definition) is 2. The van der Waals surface area contributed by atoms with Crippen LogP contribution in [-0.2, 0) is 17.9 Å². The average molecular weight is 407 g/mol. The maximum absolute atomic E-state index is 12.3. The first-order valence-electron chi connectivity index (χ1n) is 9.14. The maximum atomic E-state index is 12.3. The van der Waals surface area contributed by atoms with E-state index >= 15 is 0 Å². The molecule has 3 rings (SSSR count). The van der Waals surface area contributed by atoms with Gasteiger partial charge in [0, 0.05) is 25.1 Å². The van der Waals surface area contributed by atoms with Gasteiger partial charge in [-0.15, -0.1) is 0 Å². The lowest BCUT2D eigenvalue weighted by Crippen LogP contribution is -2.24. The van der Waals surface area contributed by atoms with Gasteiger partial charge in [-0.25, -0.2) is 0 Å². The van der Waals surface area contributed by atoms with Crippen molar-refractivity contribution in [3.05, 3.63) is 64.4 Å². The second kappa shape index (κ2) is 9.66. The molecule has 8 heteroatoms. The number of carbonyl (C=O) groups excluding carboxylic acids is 1. The second-order valence-electron chi connectivity index (χ2n) is 6.49. The van der Waals surface area contributed by atoms with Crippen molar-refractivity contribution in [3.63, 3.8) is 0 Å². The Morgan fingerprint density at radius 2 is 2.14 bits per heavy atom. The fourth-order valence-electron chi connectivity index (χ4n) is 2.89. The predicted molar refractivity (Wildman–Crippen MR) is 112 cm³/mol. The largest absolute Gasteiger partial charge is 0.479 e. The molecule has 7 nitrogen and oxygen atoms in total. The van der Waals surface area contributed by atoms with Gasteiger partial charge in [0.2, 0.25) is 5.91 Å². The van der Waals surface area contributed by atoms with Crippen LogP contribution in [0.1, 0.15) is 17.5 Å². The molecule has 3 aromatic rings. The molecule has 0 radical (unpaired) electrons. The zero-order chi connectivity index (χ0) is 20.6. The van der Waals surface area contributed by atoms with Crippen molar-refractivity contribution in [2.45, 2.75) is 26.4 Å². The first kappa shape index (κ1) is 20.3. The number of nitrogens with one attached hydrogen (secondary N) is 2. The highest BCUT2D eigenvalue weighted by Crippen LogP contribution is 2.19. The smallest absolute Gasteiger partial charge is 0.222 e. The first-order valence-corrected chi connectivity index (χ1v) is 9.55. The van der Waals surface area contributed by atoms with Crippen LogP contribution < -0.4 is 10.1 Å². The van der Waals surface area contributed by atoms with E-state index in [0.717, 1.165) is 16.7 Å². The predicted octanol–water partition coefficient (Wildman–Crippen LogP) is 3.52. The molecule has 29 heavy (non-hydrogen) atoms. The SMILES string of the molecule is Cc1cccc(-c2n[nH]c(=S)n2CCC(=O)NCc2cccc(OCC#N)c2)c1. The molecule has 0 spiro atoms. The Bertz CT molecular complexity index is 1100. The number of carbonyl (C=O) groups is 1. The number of amides is 1. The summed E-state index contributed by atoms with van der Waals surface area (Å²) in [5.74, 6) is 1.23. The van der Waals surface area contributed by atoms with Gasteiger partial charge < -0.3 is 10.1 Å². The minimum Gasteiger partial charge on any atom is -0.479 e. The lowest BCUT2D eigenvalue weighted by molar-refractivity contribution is -0.121. The third kappa shape index (κ3) is 5.53. The number of ether oxygens (including phenoxy) is 1. The summed E-state index contributed by atoms with van der Waals surface area (Å²) in [5, 5.41) is 18.6. The van der Waals surface area contributed by atoms with Gasteiger partial charge in [0.05, 0.1) is 0 Å². The van der Waals surface area contributed by atoms with Crippen molar-refractivity contribution in [2.24, 2.45) is 0 Å². The van der Waals surface area contributed by atoms with E-state index in [1.54, 1.807) is 12.1 Å². The molecule has 0 atom stereocenters. The highest BCUT2D eigenvalue weighted by Gasteiger charge is 2.11. The standard InChI is InChI=1S/C21H21N5O2S/c1-15-4-2-6-17(12-15)20-24-25-21(29)26(20)10-8-19(27)23-14-16-5-3-7-18(13-16)28-11-9-22/h2-7,12-13H,8,10-11,14H2,1H3,(H,23,27)(H,25,29). The number of aryl methyl sites for hydroxylation is 1. The Hall–Kier alpha value is -3.44. The minimum atomic E-state index is -0.0911. The molecular weight excluding hydrogens is 386 g/mol. The number of hydrogen-bond acceptors (Lipinski definition) is 5. The zero-order valence-corrected chi connectivity index (χ0v) is 16.8. The van der Waals surface area contributed by atoms with Crippen LogP contribution in [0.2, 0.25) is 0 Å². The highest BCUT2D eigenvalue weighted by atomic mass is 32.1. The second-order valence-corrected chi connectivity index (χ2v) is 6.88. The first-order chi connectivity index (χ1) is 14.1. The van der Waals surface area contributed by atoms with Crippen LogP contribution >= 0.6 is 12.2 Å². The van der Waals surface area contributed by atoms with Crippen LogP contribution in [0.15, 0.2) is 48.5 Å². The summed E-state index contributed by atoms with van der Waals surface area (Å²) in [5.41, 5.74) is 2.97. The van der Waals surface area contributed by atoms with Crippen molar-refractivity contribution in [1.29, 1.82) is 5.26 Å². The third-order valence-electron chi connectivity index (χ3n) is 4.29. The summed E-state index contributed by atoms with van der Waals surface area (Å²) in [6.45, 7) is 2.81. The normalized spacial score (nSPS) is 10.3. The Morgan fingerprint density at radius 1 is 1.31 bits per heavy atom. The summed E-state index contributed by atoms with van der Waals surface area (Å²) in [4.78, 5) is 12.3. The molecular formula is C21H21N5O2S. The molecule has 0 aliphatic carbocycles. The average Bonchev–Trinajstić information content (AvgIpc) is 3.10. The van der Waals surface area contributed by atoms with Gasteiger partial charge in [-0.2, -0.15) is 10.4 Å². The van der Waals surface area contributed by atoms with E-state index in [9.17, 15) is 4.79 Å². The van der Waals surface area contributed by atoms with E-state index in [-0.39, 0.29) is 18.9 Å². The van der Waals surface area contributed by atoms with E-state index in [1.165, 1.54) is 0 Å². The summed E-state index contributed by atoms with van der Waals surface area (Å²) >= 11 is 5.32. The van der Waals surface area contributed by atoms with Crippen LogP contribution in [0.5, 0.6) is 5.75 Å². The quantitative estimate of drug-likeness (QED) is 0.557. The highest BCUT2D eigenvalue weighted by molar-refractivity contribution is 7.71. The van der Waals surface area contributed by atoms with Gasteiger partial charge in [-0.05, 0) is 42.9 Å². The molecule has 1 amide bonds. The van der Waals surface area contributed by atoms with Crippen molar-refractivity contribution >= 4 is 18.1 Å². The van der Waals surface area contributed by atoms with Gasteiger partial charge in [-0.3, -0.25) is 14.5 Å². The van der Waals surface area contributed by atoms with Crippen molar-refractivity contribution in [3.8, 4) is 23.2 Å². The minimum absolute atomic E-state index is 0.00951. The number of nitrogens with zero attached hydrogens (tertiary/aromatic N) is 3. The van der Waals surface area contributed by atoms with Gasteiger partial charge in [-0.1, -0.05) is 35.9 Å². The van der Waals surface area contributed by atoms with Gasteiger partial charge in [0.15, 0.2) is 17.2 Å². The fraction of sp³-hybridized carbons (Fsp3) is 0.238. The van der Waals surface area contributed by atoms with Crippen LogP contribution in [0.3, 0.4) is 0 Å². The van der Waals surface area contributed by atoms with E-state index in [4.69, 9.17) is 22.2 Å². The topological polar surface area (TPSA) is 95.7 Å². The number of nitriles is 1.